The number of aromatic nitrogens is 1. The number of amides is 1. The maximum absolute atomic E-state index is 12.2. The van der Waals surface area contributed by atoms with Crippen LogP contribution in [0.5, 0.6) is 0 Å². The van der Waals surface area contributed by atoms with E-state index in [1.54, 1.807) is 10.8 Å². The number of nitrogens with zero attached hydrogens (tertiary/aromatic N) is 1. The number of rotatable bonds is 6. The molecule has 2 rings (SSSR count). The molecule has 1 aromatic heterocycles. The molecule has 6 nitrogen and oxygen atoms in total. The summed E-state index contributed by atoms with van der Waals surface area (Å²) in [6.45, 7) is 0.279. The Bertz CT molecular complexity index is 665. The molecule has 0 bridgehead atoms. The number of hydrogen-bond acceptors (Lipinski definition) is 4. The molecular formula is C12H17ClN2O4S2. The summed E-state index contributed by atoms with van der Waals surface area (Å²) < 4.78 is 35.5. The van der Waals surface area contributed by atoms with Crippen LogP contribution in [0, 0.1) is 0 Å². The van der Waals surface area contributed by atoms with Gasteiger partial charge in [-0.2, -0.15) is 0 Å². The molecule has 1 saturated carbocycles. The molecule has 1 heterocycles. The Hall–Kier alpha value is -0.860. The second kappa shape index (κ2) is 6.50. The molecule has 1 unspecified atom stereocenters. The van der Waals surface area contributed by atoms with Gasteiger partial charge in [-0.05, 0) is 25.3 Å². The van der Waals surface area contributed by atoms with Crippen LogP contribution < -0.4 is 5.32 Å². The fraction of sp³-hybridized carbons (Fsp3) is 0.583. The zero-order valence-electron chi connectivity index (χ0n) is 11.5. The van der Waals surface area contributed by atoms with Crippen LogP contribution >= 0.6 is 10.7 Å². The lowest BCUT2D eigenvalue weighted by Crippen LogP contribution is -2.31. The Balaban J connectivity index is 2.21. The molecule has 1 aliphatic rings. The maximum Gasteiger partial charge on any atom is 0.267 e. The molecule has 1 aliphatic carbocycles. The molecule has 0 spiro atoms. The van der Waals surface area contributed by atoms with Crippen molar-refractivity contribution in [2.24, 2.45) is 0 Å². The van der Waals surface area contributed by atoms with Gasteiger partial charge in [-0.15, -0.1) is 0 Å². The topological polar surface area (TPSA) is 85.2 Å². The fourth-order valence-corrected chi connectivity index (χ4v) is 3.27. The van der Waals surface area contributed by atoms with Gasteiger partial charge < -0.3 is 9.88 Å². The van der Waals surface area contributed by atoms with Crippen LogP contribution in [0.2, 0.25) is 0 Å². The monoisotopic (exact) mass is 352 g/mol. The van der Waals surface area contributed by atoms with Gasteiger partial charge in [0.25, 0.3) is 15.0 Å². The van der Waals surface area contributed by atoms with Crippen LogP contribution in [-0.2, 0) is 19.9 Å². The van der Waals surface area contributed by atoms with Gasteiger partial charge in [0.1, 0.15) is 10.6 Å². The van der Waals surface area contributed by atoms with Crippen LogP contribution in [0.4, 0.5) is 0 Å². The van der Waals surface area contributed by atoms with Crippen molar-refractivity contribution in [2.75, 3.05) is 18.6 Å². The Morgan fingerprint density at radius 3 is 2.67 bits per heavy atom. The SMILES string of the molecule is CS(=O)CCNC(=O)c1cc(S(=O)(=O)Cl)cn1C1CCC1. The molecule has 9 heteroatoms. The first-order valence-corrected chi connectivity index (χ1v) is 10.6. The quantitative estimate of drug-likeness (QED) is 0.781. The largest absolute Gasteiger partial charge is 0.350 e. The van der Waals surface area contributed by atoms with Gasteiger partial charge in [0.05, 0.1) is 0 Å². The average Bonchev–Trinajstić information content (AvgIpc) is 2.70. The molecule has 21 heavy (non-hydrogen) atoms. The maximum atomic E-state index is 12.2. The lowest BCUT2D eigenvalue weighted by atomic mass is 9.93. The van der Waals surface area contributed by atoms with Crippen molar-refractivity contribution < 1.29 is 17.4 Å². The molecule has 0 radical (unpaired) electrons. The number of halogens is 1. The van der Waals surface area contributed by atoms with E-state index >= 15 is 0 Å². The van der Waals surface area contributed by atoms with Crippen LogP contribution in [0.3, 0.4) is 0 Å². The second-order valence-corrected chi connectivity index (χ2v) is 9.14. The third kappa shape index (κ3) is 4.08. The third-order valence-electron chi connectivity index (χ3n) is 3.48. The van der Waals surface area contributed by atoms with Crippen LogP contribution in [-0.4, -0.2) is 41.7 Å². The third-order valence-corrected chi connectivity index (χ3v) is 5.58. The van der Waals surface area contributed by atoms with Crippen molar-refractivity contribution in [1.82, 2.24) is 9.88 Å². The van der Waals surface area contributed by atoms with Gasteiger partial charge in [-0.25, -0.2) is 8.42 Å². The van der Waals surface area contributed by atoms with E-state index in [2.05, 4.69) is 5.32 Å². The molecular weight excluding hydrogens is 336 g/mol. The van der Waals surface area contributed by atoms with Crippen LogP contribution in [0.15, 0.2) is 17.2 Å². The minimum Gasteiger partial charge on any atom is -0.350 e. The minimum absolute atomic E-state index is 0.0692. The molecule has 1 atom stereocenters. The predicted molar refractivity (Wildman–Crippen MR) is 81.6 cm³/mol. The fourth-order valence-electron chi connectivity index (χ4n) is 2.14. The van der Waals surface area contributed by atoms with E-state index in [1.807, 2.05) is 0 Å². The van der Waals surface area contributed by atoms with E-state index < -0.39 is 19.9 Å². The van der Waals surface area contributed by atoms with E-state index in [-0.39, 0.29) is 29.1 Å². The highest BCUT2D eigenvalue weighted by Gasteiger charge is 2.27. The van der Waals surface area contributed by atoms with E-state index in [9.17, 15) is 17.4 Å². The van der Waals surface area contributed by atoms with Crippen molar-refractivity contribution >= 4 is 36.4 Å². The summed E-state index contributed by atoms with van der Waals surface area (Å²) in [4.78, 5) is 12.1. The molecule has 0 saturated heterocycles. The zero-order valence-corrected chi connectivity index (χ0v) is 13.9. The second-order valence-electron chi connectivity index (χ2n) is 5.02. The molecule has 1 amide bonds. The van der Waals surface area contributed by atoms with E-state index in [0.29, 0.717) is 5.75 Å². The minimum atomic E-state index is -3.87. The smallest absolute Gasteiger partial charge is 0.267 e. The molecule has 118 valence electrons. The number of hydrogen-bond donors (Lipinski definition) is 1. The molecule has 1 N–H and O–H groups in total. The summed E-state index contributed by atoms with van der Waals surface area (Å²) in [6, 6.07) is 1.43. The lowest BCUT2D eigenvalue weighted by molar-refractivity contribution is 0.0941. The van der Waals surface area contributed by atoms with E-state index in [1.165, 1.54) is 12.3 Å². The number of carbonyl (C=O) groups is 1. The summed E-state index contributed by atoms with van der Waals surface area (Å²) in [7, 11) is 0.490. The molecule has 0 aliphatic heterocycles. The molecule has 0 aromatic carbocycles. The van der Waals surface area contributed by atoms with Gasteiger partial charge in [0.2, 0.25) is 0 Å². The highest BCUT2D eigenvalue weighted by atomic mass is 35.7. The highest BCUT2D eigenvalue weighted by Crippen LogP contribution is 2.34. The van der Waals surface area contributed by atoms with Gasteiger partial charge in [0.15, 0.2) is 0 Å². The first-order chi connectivity index (χ1) is 9.79. The van der Waals surface area contributed by atoms with Gasteiger partial charge in [-0.3, -0.25) is 9.00 Å². The van der Waals surface area contributed by atoms with Crippen molar-refractivity contribution in [1.29, 1.82) is 0 Å². The van der Waals surface area contributed by atoms with Gasteiger partial charge in [-0.1, -0.05) is 0 Å². The standard InChI is InChI=1S/C12H17ClN2O4S2/c1-20(17)6-5-14-12(16)11-7-10(21(13,18)19)8-15(11)9-3-2-4-9/h7-9H,2-6H2,1H3,(H,14,16). The Morgan fingerprint density at radius 2 is 2.19 bits per heavy atom. The molecule has 1 aromatic rings. The van der Waals surface area contributed by atoms with Crippen LogP contribution in [0.25, 0.3) is 0 Å². The van der Waals surface area contributed by atoms with Crippen LogP contribution in [0.1, 0.15) is 35.8 Å². The summed E-state index contributed by atoms with van der Waals surface area (Å²) in [5, 5.41) is 2.65. The molecule has 1 fully saturated rings. The summed E-state index contributed by atoms with van der Waals surface area (Å²) in [5.41, 5.74) is 0.279. The van der Waals surface area contributed by atoms with Crippen molar-refractivity contribution in [3.8, 4) is 0 Å². The van der Waals surface area contributed by atoms with E-state index in [0.717, 1.165) is 19.3 Å². The highest BCUT2D eigenvalue weighted by molar-refractivity contribution is 8.13. The van der Waals surface area contributed by atoms with Crippen molar-refractivity contribution in [3.63, 3.8) is 0 Å². The van der Waals surface area contributed by atoms with Crippen molar-refractivity contribution in [3.05, 3.63) is 18.0 Å². The number of carbonyl (C=O) groups excluding carboxylic acids is 1. The Labute approximate surface area is 130 Å². The predicted octanol–water partition coefficient (Wildman–Crippen LogP) is 1.25. The lowest BCUT2D eigenvalue weighted by Gasteiger charge is -2.28. The zero-order chi connectivity index (χ0) is 15.6. The summed E-state index contributed by atoms with van der Waals surface area (Å²) >= 11 is 0. The van der Waals surface area contributed by atoms with Crippen molar-refractivity contribution in [2.45, 2.75) is 30.2 Å². The normalized spacial score (nSPS) is 17.2. The van der Waals surface area contributed by atoms with E-state index in [4.69, 9.17) is 10.7 Å². The Morgan fingerprint density at radius 1 is 1.52 bits per heavy atom. The van der Waals surface area contributed by atoms with Gasteiger partial charge in [0, 0.05) is 52.3 Å². The first-order valence-electron chi connectivity index (χ1n) is 6.54. The number of nitrogens with one attached hydrogen (secondary N) is 1. The summed E-state index contributed by atoms with van der Waals surface area (Å²) in [5.74, 6) is -0.0183. The Kier molecular flexibility index (Phi) is 5.11. The summed E-state index contributed by atoms with van der Waals surface area (Å²) in [6.07, 6.45) is 5.85. The van der Waals surface area contributed by atoms with Gasteiger partial charge >= 0.3 is 0 Å². The first kappa shape index (κ1) is 16.5. The average molecular weight is 353 g/mol.